The van der Waals surface area contributed by atoms with E-state index in [1.54, 1.807) is 6.20 Å². The predicted octanol–water partition coefficient (Wildman–Crippen LogP) is 3.88. The van der Waals surface area contributed by atoms with Crippen LogP contribution in [0, 0.1) is 6.92 Å². The second kappa shape index (κ2) is 7.60. The number of nitrogens with two attached hydrogens (primary N) is 1. The molecule has 27 heavy (non-hydrogen) atoms. The van der Waals surface area contributed by atoms with Crippen molar-refractivity contribution in [3.8, 4) is 16.9 Å². The van der Waals surface area contributed by atoms with Crippen molar-refractivity contribution in [1.82, 2.24) is 15.2 Å². The molecular weight excluding hydrogens is 336 g/mol. The third-order valence-corrected chi connectivity index (χ3v) is 4.60. The first-order chi connectivity index (χ1) is 13.2. The van der Waals surface area contributed by atoms with Gasteiger partial charge in [0.1, 0.15) is 12.4 Å². The van der Waals surface area contributed by atoms with Gasteiger partial charge in [0.25, 0.3) is 0 Å². The zero-order chi connectivity index (χ0) is 18.6. The van der Waals surface area contributed by atoms with Gasteiger partial charge in [-0.2, -0.15) is 5.10 Å². The molecule has 0 saturated heterocycles. The number of rotatable bonds is 6. The van der Waals surface area contributed by atoms with Crippen molar-refractivity contribution in [2.75, 3.05) is 6.61 Å². The first-order valence-corrected chi connectivity index (χ1v) is 9.01. The van der Waals surface area contributed by atoms with Crippen molar-refractivity contribution in [3.05, 3.63) is 78.2 Å². The number of nitrogens with zero attached hydrogens (tertiary/aromatic N) is 2. The molecule has 0 radical (unpaired) electrons. The Balaban J connectivity index is 1.46. The van der Waals surface area contributed by atoms with Gasteiger partial charge >= 0.3 is 0 Å². The fraction of sp³-hybridized carbons (Fsp3) is 0.182. The van der Waals surface area contributed by atoms with Crippen LogP contribution in [0.15, 0.2) is 67.0 Å². The minimum atomic E-state index is -0.0685. The quantitative estimate of drug-likeness (QED) is 0.548. The van der Waals surface area contributed by atoms with E-state index >= 15 is 0 Å². The lowest BCUT2D eigenvalue weighted by molar-refractivity contribution is 0.286. The minimum Gasteiger partial charge on any atom is -0.490 e. The number of pyridine rings is 1. The summed E-state index contributed by atoms with van der Waals surface area (Å²) in [5.74, 6) is 0.722. The fourth-order valence-electron chi connectivity index (χ4n) is 3.16. The number of benzene rings is 2. The van der Waals surface area contributed by atoms with E-state index in [0.717, 1.165) is 39.9 Å². The number of H-pyrrole nitrogens is 1. The number of aromatic amines is 1. The molecular formula is C22H22N4O. The van der Waals surface area contributed by atoms with Gasteiger partial charge in [0.15, 0.2) is 0 Å². The molecule has 0 spiro atoms. The summed E-state index contributed by atoms with van der Waals surface area (Å²) in [6.45, 7) is 2.44. The van der Waals surface area contributed by atoms with E-state index < -0.39 is 0 Å². The number of fused-ring (bicyclic) bond motifs is 1. The van der Waals surface area contributed by atoms with Crippen LogP contribution < -0.4 is 10.5 Å². The molecule has 0 unspecified atom stereocenters. The van der Waals surface area contributed by atoms with Gasteiger partial charge in [-0.25, -0.2) is 0 Å². The van der Waals surface area contributed by atoms with Crippen LogP contribution in [-0.4, -0.2) is 27.8 Å². The Morgan fingerprint density at radius 3 is 2.74 bits per heavy atom. The Labute approximate surface area is 158 Å². The summed E-state index contributed by atoms with van der Waals surface area (Å²) in [5.41, 5.74) is 11.5. The van der Waals surface area contributed by atoms with Gasteiger partial charge in [0.2, 0.25) is 0 Å². The maximum atomic E-state index is 6.21. The molecule has 0 aliphatic carbocycles. The number of hydrogen-bond donors (Lipinski definition) is 2. The second-order valence-corrected chi connectivity index (χ2v) is 6.74. The third kappa shape index (κ3) is 3.99. The molecule has 0 bridgehead atoms. The van der Waals surface area contributed by atoms with E-state index in [2.05, 4.69) is 39.4 Å². The van der Waals surface area contributed by atoms with Crippen LogP contribution >= 0.6 is 0 Å². The largest absolute Gasteiger partial charge is 0.490 e. The Morgan fingerprint density at radius 2 is 1.89 bits per heavy atom. The molecule has 0 aliphatic heterocycles. The highest BCUT2D eigenvalue weighted by molar-refractivity contribution is 5.86. The van der Waals surface area contributed by atoms with Crippen LogP contribution in [0.25, 0.3) is 22.0 Å². The van der Waals surface area contributed by atoms with Crippen molar-refractivity contribution >= 4 is 10.9 Å². The summed E-state index contributed by atoms with van der Waals surface area (Å²) in [6, 6.07) is 18.4. The van der Waals surface area contributed by atoms with E-state index in [4.69, 9.17) is 10.5 Å². The molecule has 5 nitrogen and oxygen atoms in total. The van der Waals surface area contributed by atoms with Gasteiger partial charge in [-0.3, -0.25) is 10.1 Å². The average molecular weight is 358 g/mol. The smallest absolute Gasteiger partial charge is 0.138 e. The lowest BCUT2D eigenvalue weighted by Crippen LogP contribution is -2.30. The monoisotopic (exact) mass is 358 g/mol. The van der Waals surface area contributed by atoms with E-state index in [0.29, 0.717) is 6.61 Å². The molecule has 0 fully saturated rings. The van der Waals surface area contributed by atoms with E-state index in [1.165, 1.54) is 5.56 Å². The van der Waals surface area contributed by atoms with Crippen LogP contribution in [0.1, 0.15) is 11.3 Å². The van der Waals surface area contributed by atoms with Crippen molar-refractivity contribution in [2.24, 2.45) is 5.73 Å². The molecule has 0 aliphatic rings. The Morgan fingerprint density at radius 1 is 1.04 bits per heavy atom. The van der Waals surface area contributed by atoms with Gasteiger partial charge in [-0.1, -0.05) is 36.4 Å². The van der Waals surface area contributed by atoms with E-state index in [-0.39, 0.29) is 6.04 Å². The Bertz CT molecular complexity index is 1040. The van der Waals surface area contributed by atoms with Gasteiger partial charge < -0.3 is 10.5 Å². The number of hydrogen-bond acceptors (Lipinski definition) is 4. The zero-order valence-electron chi connectivity index (χ0n) is 15.2. The molecule has 2 aromatic carbocycles. The van der Waals surface area contributed by atoms with E-state index in [9.17, 15) is 0 Å². The first kappa shape index (κ1) is 17.2. The molecule has 2 heterocycles. The normalized spacial score (nSPS) is 12.2. The molecule has 0 amide bonds. The van der Waals surface area contributed by atoms with Crippen molar-refractivity contribution < 1.29 is 4.74 Å². The Kier molecular flexibility index (Phi) is 4.85. The highest BCUT2D eigenvalue weighted by Crippen LogP contribution is 2.27. The molecule has 3 N–H and O–H groups in total. The summed E-state index contributed by atoms with van der Waals surface area (Å²) in [5, 5.41) is 8.39. The third-order valence-electron chi connectivity index (χ3n) is 4.60. The summed E-state index contributed by atoms with van der Waals surface area (Å²) >= 11 is 0. The van der Waals surface area contributed by atoms with Crippen LogP contribution in [0.3, 0.4) is 0 Å². The molecule has 4 rings (SSSR count). The molecule has 1 atom stereocenters. The van der Waals surface area contributed by atoms with Gasteiger partial charge in [0.05, 0.1) is 17.4 Å². The highest BCUT2D eigenvalue weighted by Gasteiger charge is 2.08. The molecule has 2 aromatic heterocycles. The maximum Gasteiger partial charge on any atom is 0.138 e. The highest BCUT2D eigenvalue weighted by atomic mass is 16.5. The number of aromatic nitrogens is 3. The summed E-state index contributed by atoms with van der Waals surface area (Å²) in [4.78, 5) is 4.32. The lowest BCUT2D eigenvalue weighted by Gasteiger charge is -2.14. The van der Waals surface area contributed by atoms with E-state index in [1.807, 2.05) is 43.5 Å². The minimum absolute atomic E-state index is 0.0685. The Hall–Kier alpha value is -3.18. The van der Waals surface area contributed by atoms with Crippen LogP contribution in [0.5, 0.6) is 5.75 Å². The average Bonchev–Trinajstić information content (AvgIpc) is 3.08. The van der Waals surface area contributed by atoms with Crippen molar-refractivity contribution in [3.63, 3.8) is 0 Å². The topological polar surface area (TPSA) is 76.8 Å². The summed E-state index contributed by atoms with van der Waals surface area (Å²) in [6.07, 6.45) is 4.35. The predicted molar refractivity (Wildman–Crippen MR) is 108 cm³/mol. The van der Waals surface area contributed by atoms with Crippen molar-refractivity contribution in [1.29, 1.82) is 0 Å². The SMILES string of the molecule is Cc1n[nH]c2ccc(-c3cncc(OC[C@H](N)Cc4ccccc4)c3)cc12. The van der Waals surface area contributed by atoms with Crippen molar-refractivity contribution in [2.45, 2.75) is 19.4 Å². The van der Waals surface area contributed by atoms with Crippen LogP contribution in [-0.2, 0) is 6.42 Å². The molecule has 136 valence electrons. The molecule has 4 aromatic rings. The van der Waals surface area contributed by atoms with Gasteiger partial charge in [-0.05, 0) is 42.7 Å². The summed E-state index contributed by atoms with van der Waals surface area (Å²) in [7, 11) is 0. The van der Waals surface area contributed by atoms with Crippen LogP contribution in [0.4, 0.5) is 0 Å². The standard InChI is InChI=1S/C22H22N4O/c1-15-21-11-17(7-8-22(21)26-25-15)18-10-20(13-24-12-18)27-14-19(23)9-16-5-3-2-4-6-16/h2-8,10-13,19H,9,14,23H2,1H3,(H,25,26)/t19-/m1/s1. The maximum absolute atomic E-state index is 6.21. The number of aryl methyl sites for hydroxylation is 1. The van der Waals surface area contributed by atoms with Gasteiger partial charge in [0, 0.05) is 23.2 Å². The fourth-order valence-corrected chi connectivity index (χ4v) is 3.16. The zero-order valence-corrected chi connectivity index (χ0v) is 15.2. The second-order valence-electron chi connectivity index (χ2n) is 6.74. The number of ether oxygens (including phenoxy) is 1. The molecule has 0 saturated carbocycles. The number of nitrogens with one attached hydrogen (secondary N) is 1. The molecule has 5 heteroatoms. The lowest BCUT2D eigenvalue weighted by atomic mass is 10.0. The van der Waals surface area contributed by atoms with Crippen LogP contribution in [0.2, 0.25) is 0 Å². The van der Waals surface area contributed by atoms with Gasteiger partial charge in [-0.15, -0.1) is 0 Å². The first-order valence-electron chi connectivity index (χ1n) is 9.01. The summed E-state index contributed by atoms with van der Waals surface area (Å²) < 4.78 is 5.89.